The van der Waals surface area contributed by atoms with Crippen LogP contribution in [0.5, 0.6) is 17.2 Å². The van der Waals surface area contributed by atoms with Crippen molar-refractivity contribution in [2.45, 2.75) is 39.2 Å². The molecule has 0 amide bonds. The Hall–Kier alpha value is -1.42. The van der Waals surface area contributed by atoms with E-state index in [1.54, 1.807) is 14.2 Å². The Kier molecular flexibility index (Phi) is 7.88. The van der Waals surface area contributed by atoms with Crippen LogP contribution in [0.3, 0.4) is 0 Å². The number of nitrogens with one attached hydrogen (secondary N) is 1. The number of unbranched alkanes of at least 4 members (excludes halogenated alkanes) is 1. The molecule has 1 N–H and O–H groups in total. The predicted octanol–water partition coefficient (Wildman–Crippen LogP) is 3.25. The molecule has 0 heterocycles. The maximum atomic E-state index is 5.82. The highest BCUT2D eigenvalue weighted by molar-refractivity contribution is 5.51. The summed E-state index contributed by atoms with van der Waals surface area (Å²) in [6, 6.07) is 6.22. The molecule has 0 aliphatic rings. The smallest absolute Gasteiger partial charge is 0.203 e. The monoisotopic (exact) mass is 281 g/mol. The van der Waals surface area contributed by atoms with Gasteiger partial charge in [0.15, 0.2) is 11.5 Å². The zero-order chi connectivity index (χ0) is 14.8. The summed E-state index contributed by atoms with van der Waals surface area (Å²) in [7, 11) is 3.28. The highest BCUT2D eigenvalue weighted by Gasteiger charge is 2.10. The van der Waals surface area contributed by atoms with Crippen LogP contribution in [0.25, 0.3) is 0 Å². The van der Waals surface area contributed by atoms with Gasteiger partial charge in [-0.15, -0.1) is 0 Å². The van der Waals surface area contributed by atoms with E-state index < -0.39 is 0 Å². The molecule has 0 radical (unpaired) electrons. The number of hydrogen-bond acceptors (Lipinski definition) is 4. The Bertz CT molecular complexity index is 360. The summed E-state index contributed by atoms with van der Waals surface area (Å²) in [5.41, 5.74) is 0. The molecule has 1 rings (SSSR count). The van der Waals surface area contributed by atoms with Crippen LogP contribution in [-0.2, 0) is 0 Å². The van der Waals surface area contributed by atoms with Gasteiger partial charge in [0.1, 0.15) is 0 Å². The molecule has 0 aromatic heterocycles. The van der Waals surface area contributed by atoms with Gasteiger partial charge >= 0.3 is 0 Å². The molecule has 4 heteroatoms. The Morgan fingerprint density at radius 2 is 1.75 bits per heavy atom. The molecular formula is C16H27NO3. The summed E-state index contributed by atoms with van der Waals surface area (Å²) in [5, 5.41) is 3.41. The lowest BCUT2D eigenvalue weighted by atomic mass is 10.1. The Morgan fingerprint density at radius 1 is 1.10 bits per heavy atom. The molecule has 1 unspecified atom stereocenters. The second-order valence-electron chi connectivity index (χ2n) is 4.79. The molecule has 0 spiro atoms. The van der Waals surface area contributed by atoms with Crippen LogP contribution in [0.15, 0.2) is 18.2 Å². The lowest BCUT2D eigenvalue weighted by Crippen LogP contribution is -2.25. The first-order chi connectivity index (χ1) is 9.72. The van der Waals surface area contributed by atoms with Crippen LogP contribution >= 0.6 is 0 Å². The quantitative estimate of drug-likeness (QED) is 0.668. The molecule has 1 atom stereocenters. The molecule has 114 valence electrons. The Balaban J connectivity index is 2.38. The number of hydrogen-bond donors (Lipinski definition) is 1. The van der Waals surface area contributed by atoms with E-state index in [2.05, 4.69) is 19.2 Å². The second-order valence-corrected chi connectivity index (χ2v) is 4.79. The molecule has 0 aliphatic carbocycles. The first kappa shape index (κ1) is 16.6. The molecular weight excluding hydrogens is 254 g/mol. The van der Waals surface area contributed by atoms with Crippen molar-refractivity contribution in [1.82, 2.24) is 5.32 Å². The molecule has 0 bridgehead atoms. The van der Waals surface area contributed by atoms with E-state index in [1.807, 2.05) is 18.2 Å². The van der Waals surface area contributed by atoms with Crippen LogP contribution < -0.4 is 19.5 Å². The van der Waals surface area contributed by atoms with Gasteiger partial charge in [-0.3, -0.25) is 0 Å². The van der Waals surface area contributed by atoms with Gasteiger partial charge in [-0.05, 0) is 44.9 Å². The first-order valence-corrected chi connectivity index (χ1v) is 7.30. The summed E-state index contributed by atoms with van der Waals surface area (Å²) < 4.78 is 16.4. The number of para-hydroxylation sites is 1. The lowest BCUT2D eigenvalue weighted by Gasteiger charge is -2.15. The first-order valence-electron chi connectivity index (χ1n) is 7.30. The fourth-order valence-corrected chi connectivity index (χ4v) is 2.14. The zero-order valence-corrected chi connectivity index (χ0v) is 13.1. The van der Waals surface area contributed by atoms with Crippen LogP contribution in [0.1, 0.15) is 33.1 Å². The molecule has 1 aromatic rings. The topological polar surface area (TPSA) is 39.7 Å². The molecule has 0 fully saturated rings. The summed E-state index contributed by atoms with van der Waals surface area (Å²) in [6.45, 7) is 6.05. The van der Waals surface area contributed by atoms with Gasteiger partial charge in [0.25, 0.3) is 0 Å². The second kappa shape index (κ2) is 9.48. The number of benzene rings is 1. The third-order valence-corrected chi connectivity index (χ3v) is 3.21. The van der Waals surface area contributed by atoms with Gasteiger partial charge in [0.05, 0.1) is 20.8 Å². The number of rotatable bonds is 10. The van der Waals surface area contributed by atoms with Crippen molar-refractivity contribution in [3.05, 3.63) is 18.2 Å². The van der Waals surface area contributed by atoms with Crippen molar-refractivity contribution >= 4 is 0 Å². The fraction of sp³-hybridized carbons (Fsp3) is 0.625. The van der Waals surface area contributed by atoms with E-state index in [9.17, 15) is 0 Å². The minimum atomic E-state index is 0.570. The highest BCUT2D eigenvalue weighted by atomic mass is 16.5. The molecule has 0 saturated carbocycles. The zero-order valence-electron chi connectivity index (χ0n) is 13.1. The Morgan fingerprint density at radius 3 is 2.30 bits per heavy atom. The normalized spacial score (nSPS) is 12.0. The van der Waals surface area contributed by atoms with E-state index in [0.29, 0.717) is 29.9 Å². The van der Waals surface area contributed by atoms with Crippen LogP contribution in [-0.4, -0.2) is 33.4 Å². The molecule has 20 heavy (non-hydrogen) atoms. The average molecular weight is 281 g/mol. The Labute approximate surface area is 122 Å². The van der Waals surface area contributed by atoms with E-state index in [-0.39, 0.29) is 0 Å². The fourth-order valence-electron chi connectivity index (χ4n) is 2.14. The van der Waals surface area contributed by atoms with Gasteiger partial charge < -0.3 is 19.5 Å². The van der Waals surface area contributed by atoms with Crippen molar-refractivity contribution in [2.24, 2.45) is 0 Å². The third-order valence-electron chi connectivity index (χ3n) is 3.21. The van der Waals surface area contributed by atoms with Gasteiger partial charge in [-0.2, -0.15) is 0 Å². The van der Waals surface area contributed by atoms with Crippen molar-refractivity contribution in [3.63, 3.8) is 0 Å². The maximum Gasteiger partial charge on any atom is 0.203 e. The van der Waals surface area contributed by atoms with Crippen molar-refractivity contribution in [2.75, 3.05) is 27.4 Å². The lowest BCUT2D eigenvalue weighted by molar-refractivity contribution is 0.266. The number of methoxy groups -OCH3 is 2. The van der Waals surface area contributed by atoms with E-state index >= 15 is 0 Å². The minimum absolute atomic E-state index is 0.570. The van der Waals surface area contributed by atoms with Crippen molar-refractivity contribution < 1.29 is 14.2 Å². The van der Waals surface area contributed by atoms with Gasteiger partial charge in [0, 0.05) is 6.04 Å². The van der Waals surface area contributed by atoms with Crippen molar-refractivity contribution in [1.29, 1.82) is 0 Å². The van der Waals surface area contributed by atoms with E-state index in [1.165, 1.54) is 6.42 Å². The number of ether oxygens (including phenoxy) is 3. The molecule has 1 aromatic carbocycles. The summed E-state index contributed by atoms with van der Waals surface area (Å²) in [5.74, 6) is 2.12. The van der Waals surface area contributed by atoms with E-state index in [4.69, 9.17) is 14.2 Å². The average Bonchev–Trinajstić information content (AvgIpc) is 2.47. The highest BCUT2D eigenvalue weighted by Crippen LogP contribution is 2.36. The molecule has 0 aliphatic heterocycles. The SMILES string of the molecule is CCNC(C)CCCCOc1c(OC)cccc1OC. The summed E-state index contributed by atoms with van der Waals surface area (Å²) >= 11 is 0. The van der Waals surface area contributed by atoms with Crippen LogP contribution in [0, 0.1) is 0 Å². The summed E-state index contributed by atoms with van der Waals surface area (Å²) in [4.78, 5) is 0. The molecule has 0 saturated heterocycles. The van der Waals surface area contributed by atoms with Gasteiger partial charge in [-0.1, -0.05) is 13.0 Å². The van der Waals surface area contributed by atoms with Gasteiger partial charge in [-0.25, -0.2) is 0 Å². The predicted molar refractivity (Wildman–Crippen MR) is 82.0 cm³/mol. The molecule has 4 nitrogen and oxygen atoms in total. The summed E-state index contributed by atoms with van der Waals surface area (Å²) in [6.07, 6.45) is 3.34. The third kappa shape index (κ3) is 5.29. The van der Waals surface area contributed by atoms with Crippen LogP contribution in [0.2, 0.25) is 0 Å². The van der Waals surface area contributed by atoms with Gasteiger partial charge in [0.2, 0.25) is 5.75 Å². The maximum absolute atomic E-state index is 5.82. The largest absolute Gasteiger partial charge is 0.493 e. The standard InChI is InChI=1S/C16H27NO3/c1-5-17-13(2)9-6-7-12-20-16-14(18-3)10-8-11-15(16)19-4/h8,10-11,13,17H,5-7,9,12H2,1-4H3. The van der Waals surface area contributed by atoms with Crippen LogP contribution in [0.4, 0.5) is 0 Å². The van der Waals surface area contributed by atoms with Crippen molar-refractivity contribution in [3.8, 4) is 17.2 Å². The minimum Gasteiger partial charge on any atom is -0.493 e. The van der Waals surface area contributed by atoms with E-state index in [0.717, 1.165) is 19.4 Å².